The molecule has 18 heavy (non-hydrogen) atoms. The number of hydrogen-bond acceptors (Lipinski definition) is 7. The minimum Gasteiger partial charge on any atom is -0.464 e. The molecule has 102 valence electrons. The Hall–Kier alpha value is -1.51. The summed E-state index contributed by atoms with van der Waals surface area (Å²) in [4.78, 5) is 11.1. The topological polar surface area (TPSA) is 95.7 Å². The van der Waals surface area contributed by atoms with Gasteiger partial charge in [-0.15, -0.1) is 5.10 Å². The fourth-order valence-corrected chi connectivity index (χ4v) is 1.22. The molecule has 0 aliphatic carbocycles. The van der Waals surface area contributed by atoms with E-state index in [1.165, 1.54) is 18.0 Å². The molecule has 1 aromatic rings. The molecule has 0 saturated heterocycles. The highest BCUT2D eigenvalue weighted by Gasteiger charge is 2.12. The molecule has 0 radical (unpaired) electrons. The summed E-state index contributed by atoms with van der Waals surface area (Å²) in [5.41, 5.74) is 0.102. The molecule has 0 fully saturated rings. The first-order valence-electron chi connectivity index (χ1n) is 5.40. The van der Waals surface area contributed by atoms with Gasteiger partial charge in [0.25, 0.3) is 0 Å². The van der Waals surface area contributed by atoms with E-state index < -0.39 is 12.1 Å². The van der Waals surface area contributed by atoms with Gasteiger partial charge in [-0.25, -0.2) is 9.48 Å². The van der Waals surface area contributed by atoms with Gasteiger partial charge < -0.3 is 19.3 Å². The average molecular weight is 259 g/mol. The SMILES string of the molecule is COCCOCC(O)Cn1cc(C(=O)OC)nn1. The van der Waals surface area contributed by atoms with Crippen molar-refractivity contribution in [1.82, 2.24) is 15.0 Å². The van der Waals surface area contributed by atoms with Crippen LogP contribution in [0.15, 0.2) is 6.20 Å². The van der Waals surface area contributed by atoms with Gasteiger partial charge in [0.05, 0.1) is 45.8 Å². The zero-order valence-electron chi connectivity index (χ0n) is 10.4. The van der Waals surface area contributed by atoms with E-state index in [0.717, 1.165) is 0 Å². The second kappa shape index (κ2) is 7.75. The summed E-state index contributed by atoms with van der Waals surface area (Å²) in [6, 6.07) is 0. The van der Waals surface area contributed by atoms with Crippen LogP contribution >= 0.6 is 0 Å². The molecule has 0 aromatic carbocycles. The monoisotopic (exact) mass is 259 g/mol. The molecule has 0 aliphatic rings. The number of aromatic nitrogens is 3. The number of esters is 1. The smallest absolute Gasteiger partial charge is 0.360 e. The van der Waals surface area contributed by atoms with Crippen LogP contribution in [0.25, 0.3) is 0 Å². The second-order valence-corrected chi connectivity index (χ2v) is 3.54. The van der Waals surface area contributed by atoms with Crippen molar-refractivity contribution in [1.29, 1.82) is 0 Å². The largest absolute Gasteiger partial charge is 0.464 e. The third kappa shape index (κ3) is 4.78. The fraction of sp³-hybridized carbons (Fsp3) is 0.700. The number of hydrogen-bond donors (Lipinski definition) is 1. The van der Waals surface area contributed by atoms with Crippen LogP contribution in [-0.4, -0.2) is 66.2 Å². The van der Waals surface area contributed by atoms with Gasteiger partial charge in [0.15, 0.2) is 5.69 Å². The van der Waals surface area contributed by atoms with E-state index in [2.05, 4.69) is 15.0 Å². The lowest BCUT2D eigenvalue weighted by atomic mass is 10.4. The predicted molar refractivity (Wildman–Crippen MR) is 60.1 cm³/mol. The van der Waals surface area contributed by atoms with Crippen molar-refractivity contribution >= 4 is 5.97 Å². The van der Waals surface area contributed by atoms with E-state index in [0.29, 0.717) is 13.2 Å². The quantitative estimate of drug-likeness (QED) is 0.477. The maximum Gasteiger partial charge on any atom is 0.360 e. The molecule has 8 heteroatoms. The fourth-order valence-electron chi connectivity index (χ4n) is 1.22. The Kier molecular flexibility index (Phi) is 6.26. The third-order valence-electron chi connectivity index (χ3n) is 2.07. The zero-order chi connectivity index (χ0) is 13.4. The predicted octanol–water partition coefficient (Wildman–Crippen LogP) is -0.911. The van der Waals surface area contributed by atoms with Gasteiger partial charge in [-0.05, 0) is 0 Å². The van der Waals surface area contributed by atoms with Crippen molar-refractivity contribution in [2.75, 3.05) is 34.0 Å². The first kappa shape index (κ1) is 14.6. The minimum absolute atomic E-state index is 0.102. The van der Waals surface area contributed by atoms with Gasteiger partial charge in [-0.2, -0.15) is 0 Å². The number of methoxy groups -OCH3 is 2. The summed E-state index contributed by atoms with van der Waals surface area (Å²) in [6.07, 6.45) is 0.679. The lowest BCUT2D eigenvalue weighted by Gasteiger charge is -2.10. The highest BCUT2D eigenvalue weighted by molar-refractivity contribution is 5.86. The first-order valence-corrected chi connectivity index (χ1v) is 5.40. The molecule has 0 saturated carbocycles. The minimum atomic E-state index is -0.728. The van der Waals surface area contributed by atoms with Crippen LogP contribution in [0.4, 0.5) is 0 Å². The number of nitrogens with zero attached hydrogens (tertiary/aromatic N) is 3. The van der Waals surface area contributed by atoms with Gasteiger partial charge in [-0.1, -0.05) is 5.21 Å². The van der Waals surface area contributed by atoms with Gasteiger partial charge >= 0.3 is 5.97 Å². The Morgan fingerprint density at radius 1 is 1.50 bits per heavy atom. The summed E-state index contributed by atoms with van der Waals surface area (Å²) < 4.78 is 15.8. The van der Waals surface area contributed by atoms with Crippen molar-refractivity contribution in [3.63, 3.8) is 0 Å². The molecule has 1 heterocycles. The maximum absolute atomic E-state index is 11.1. The van der Waals surface area contributed by atoms with E-state index in [1.54, 1.807) is 7.11 Å². The van der Waals surface area contributed by atoms with Crippen molar-refractivity contribution in [2.45, 2.75) is 12.6 Å². The Morgan fingerprint density at radius 3 is 2.94 bits per heavy atom. The van der Waals surface area contributed by atoms with E-state index in [4.69, 9.17) is 9.47 Å². The molecule has 1 atom stereocenters. The molecule has 0 spiro atoms. The average Bonchev–Trinajstić information content (AvgIpc) is 2.82. The Bertz CT molecular complexity index is 368. The number of ether oxygens (including phenoxy) is 3. The van der Waals surface area contributed by atoms with Gasteiger partial charge in [0.2, 0.25) is 0 Å². The molecular formula is C10H17N3O5. The van der Waals surface area contributed by atoms with Gasteiger partial charge in [0.1, 0.15) is 0 Å². The molecule has 0 bridgehead atoms. The Balaban J connectivity index is 2.33. The summed E-state index contributed by atoms with van der Waals surface area (Å²) in [7, 11) is 2.84. The molecule has 1 aromatic heterocycles. The molecule has 0 amide bonds. The molecule has 0 aliphatic heterocycles. The molecule has 1 N–H and O–H groups in total. The first-order chi connectivity index (χ1) is 8.67. The van der Waals surface area contributed by atoms with E-state index in [9.17, 15) is 9.90 Å². The Labute approximate surface area is 104 Å². The van der Waals surface area contributed by atoms with Crippen LogP contribution in [0.1, 0.15) is 10.5 Å². The van der Waals surface area contributed by atoms with Crippen molar-refractivity contribution < 1.29 is 24.1 Å². The summed E-state index contributed by atoms with van der Waals surface area (Å²) in [5, 5.41) is 16.9. The van der Waals surface area contributed by atoms with Crippen molar-refractivity contribution in [3.8, 4) is 0 Å². The van der Waals surface area contributed by atoms with Crippen LogP contribution in [0.2, 0.25) is 0 Å². The van der Waals surface area contributed by atoms with E-state index in [1.807, 2.05) is 0 Å². The third-order valence-corrected chi connectivity index (χ3v) is 2.07. The number of carbonyl (C=O) groups is 1. The normalized spacial score (nSPS) is 12.4. The van der Waals surface area contributed by atoms with Crippen molar-refractivity contribution in [3.05, 3.63) is 11.9 Å². The van der Waals surface area contributed by atoms with E-state index in [-0.39, 0.29) is 18.8 Å². The van der Waals surface area contributed by atoms with Crippen LogP contribution in [0, 0.1) is 0 Å². The zero-order valence-corrected chi connectivity index (χ0v) is 10.4. The van der Waals surface area contributed by atoms with Crippen LogP contribution in [-0.2, 0) is 20.8 Å². The lowest BCUT2D eigenvalue weighted by Crippen LogP contribution is -2.23. The summed E-state index contributed by atoms with van der Waals surface area (Å²) in [5.74, 6) is -0.563. The molecule has 1 rings (SSSR count). The number of aliphatic hydroxyl groups excluding tert-OH is 1. The lowest BCUT2D eigenvalue weighted by molar-refractivity contribution is 0.00578. The molecular weight excluding hydrogens is 242 g/mol. The van der Waals surface area contributed by atoms with E-state index >= 15 is 0 Å². The molecule has 1 unspecified atom stereocenters. The highest BCUT2D eigenvalue weighted by atomic mass is 16.5. The highest BCUT2D eigenvalue weighted by Crippen LogP contribution is 1.98. The number of rotatable bonds is 8. The molecule has 8 nitrogen and oxygen atoms in total. The number of carbonyl (C=O) groups excluding carboxylic acids is 1. The second-order valence-electron chi connectivity index (χ2n) is 3.54. The van der Waals surface area contributed by atoms with Crippen LogP contribution in [0.3, 0.4) is 0 Å². The van der Waals surface area contributed by atoms with Gasteiger partial charge in [-0.3, -0.25) is 0 Å². The maximum atomic E-state index is 11.1. The standard InChI is InChI=1S/C10H17N3O5/c1-16-3-4-18-7-8(14)5-13-6-9(11-12-13)10(15)17-2/h6,8,14H,3-5,7H2,1-2H3. The van der Waals surface area contributed by atoms with Gasteiger partial charge in [0, 0.05) is 7.11 Å². The summed E-state index contributed by atoms with van der Waals surface area (Å²) in [6.45, 7) is 1.24. The Morgan fingerprint density at radius 2 is 2.28 bits per heavy atom. The number of aliphatic hydroxyl groups is 1. The van der Waals surface area contributed by atoms with Crippen LogP contribution < -0.4 is 0 Å². The summed E-state index contributed by atoms with van der Waals surface area (Å²) >= 11 is 0. The van der Waals surface area contributed by atoms with Crippen molar-refractivity contribution in [2.24, 2.45) is 0 Å². The van der Waals surface area contributed by atoms with Crippen LogP contribution in [0.5, 0.6) is 0 Å².